The summed E-state index contributed by atoms with van der Waals surface area (Å²) in [6.45, 7) is 1.93. The SMILES string of the molecule is Cc1noc2nc(-c3ccccc3C(F)(F)F)cc(C(=O)N(Cc3ccco3)C3CC3)c12. The Bertz CT molecular complexity index is 1290. The van der Waals surface area contributed by atoms with E-state index >= 15 is 0 Å². The van der Waals surface area contributed by atoms with Gasteiger partial charge in [-0.05, 0) is 44.0 Å². The van der Waals surface area contributed by atoms with Crippen molar-refractivity contribution in [3.63, 3.8) is 0 Å². The van der Waals surface area contributed by atoms with Crippen LogP contribution in [0, 0.1) is 6.92 Å². The number of aromatic nitrogens is 2. The fraction of sp³-hybridized carbons (Fsp3) is 0.261. The molecule has 1 aliphatic carbocycles. The molecule has 1 fully saturated rings. The predicted molar refractivity (Wildman–Crippen MR) is 109 cm³/mol. The van der Waals surface area contributed by atoms with Gasteiger partial charge in [0.2, 0.25) is 0 Å². The van der Waals surface area contributed by atoms with Crippen LogP contribution in [0.5, 0.6) is 0 Å². The third-order valence-electron chi connectivity index (χ3n) is 5.51. The molecule has 1 aromatic carbocycles. The van der Waals surface area contributed by atoms with Crippen LogP contribution in [0.15, 0.2) is 57.7 Å². The number of furan rings is 1. The molecule has 3 heterocycles. The number of pyridine rings is 1. The first-order valence-electron chi connectivity index (χ1n) is 10.1. The molecule has 0 N–H and O–H groups in total. The number of alkyl halides is 3. The maximum absolute atomic E-state index is 13.6. The van der Waals surface area contributed by atoms with Gasteiger partial charge in [0.05, 0.1) is 40.7 Å². The van der Waals surface area contributed by atoms with E-state index in [0.29, 0.717) is 16.8 Å². The first kappa shape index (κ1) is 20.3. The Morgan fingerprint density at radius 2 is 1.97 bits per heavy atom. The van der Waals surface area contributed by atoms with E-state index in [4.69, 9.17) is 8.94 Å². The Labute approximate surface area is 180 Å². The lowest BCUT2D eigenvalue weighted by molar-refractivity contribution is -0.137. The van der Waals surface area contributed by atoms with Crippen LogP contribution in [0.4, 0.5) is 13.2 Å². The van der Waals surface area contributed by atoms with Gasteiger partial charge in [-0.1, -0.05) is 23.4 Å². The summed E-state index contributed by atoms with van der Waals surface area (Å²) in [7, 11) is 0. The molecule has 1 saturated carbocycles. The van der Waals surface area contributed by atoms with Gasteiger partial charge in [-0.3, -0.25) is 4.79 Å². The number of aryl methyl sites for hydroxylation is 1. The number of carbonyl (C=O) groups is 1. The Morgan fingerprint density at radius 3 is 2.66 bits per heavy atom. The second kappa shape index (κ2) is 7.51. The molecule has 0 atom stereocenters. The first-order valence-corrected chi connectivity index (χ1v) is 10.1. The first-order chi connectivity index (χ1) is 15.3. The summed E-state index contributed by atoms with van der Waals surface area (Å²) >= 11 is 0. The highest BCUT2D eigenvalue weighted by Gasteiger charge is 2.37. The van der Waals surface area contributed by atoms with Crippen molar-refractivity contribution in [3.05, 3.63) is 71.3 Å². The van der Waals surface area contributed by atoms with Crippen LogP contribution in [0.3, 0.4) is 0 Å². The summed E-state index contributed by atoms with van der Waals surface area (Å²) in [6, 6.07) is 10.1. The molecule has 0 aliphatic heterocycles. The number of hydrogen-bond acceptors (Lipinski definition) is 5. The molecular formula is C23H18F3N3O3. The van der Waals surface area contributed by atoms with E-state index in [-0.39, 0.29) is 41.0 Å². The molecule has 1 amide bonds. The zero-order valence-electron chi connectivity index (χ0n) is 17.0. The standard InChI is InChI=1S/C23H18F3N3O3/c1-13-20-17(22(30)29(14-8-9-14)12-15-5-4-10-31-15)11-19(27-21(20)32-28-13)16-6-2-3-7-18(16)23(24,25)26/h2-7,10-11,14H,8-9,12H2,1H3. The van der Waals surface area contributed by atoms with Crippen molar-refractivity contribution in [2.24, 2.45) is 0 Å². The van der Waals surface area contributed by atoms with Crippen molar-refractivity contribution >= 4 is 17.0 Å². The maximum atomic E-state index is 13.6. The smallest absolute Gasteiger partial charge is 0.417 e. The van der Waals surface area contributed by atoms with Crippen molar-refractivity contribution in [2.75, 3.05) is 0 Å². The summed E-state index contributed by atoms with van der Waals surface area (Å²) in [4.78, 5) is 19.6. The average Bonchev–Trinajstić information content (AvgIpc) is 3.35. The second-order valence-corrected chi connectivity index (χ2v) is 7.79. The van der Waals surface area contributed by atoms with E-state index in [1.54, 1.807) is 24.0 Å². The molecule has 0 unspecified atom stereocenters. The van der Waals surface area contributed by atoms with E-state index in [1.165, 1.54) is 30.5 Å². The van der Waals surface area contributed by atoms with Crippen LogP contribution in [0.2, 0.25) is 0 Å². The highest BCUT2D eigenvalue weighted by molar-refractivity contribution is 6.07. The lowest BCUT2D eigenvalue weighted by Gasteiger charge is -2.22. The second-order valence-electron chi connectivity index (χ2n) is 7.79. The van der Waals surface area contributed by atoms with Crippen LogP contribution in [-0.4, -0.2) is 27.0 Å². The molecule has 0 spiro atoms. The minimum Gasteiger partial charge on any atom is -0.467 e. The van der Waals surface area contributed by atoms with Crippen molar-refractivity contribution in [1.82, 2.24) is 15.0 Å². The quantitative estimate of drug-likeness (QED) is 0.402. The number of halogens is 3. The molecule has 3 aromatic heterocycles. The van der Waals surface area contributed by atoms with E-state index in [0.717, 1.165) is 18.9 Å². The number of rotatable bonds is 5. The molecular weight excluding hydrogens is 423 g/mol. The lowest BCUT2D eigenvalue weighted by atomic mass is 10.00. The topological polar surface area (TPSA) is 72.4 Å². The number of nitrogens with zero attached hydrogens (tertiary/aromatic N) is 3. The maximum Gasteiger partial charge on any atom is 0.417 e. The summed E-state index contributed by atoms with van der Waals surface area (Å²) in [5.41, 5.74) is -0.294. The summed E-state index contributed by atoms with van der Waals surface area (Å²) in [5.74, 6) is 0.300. The van der Waals surface area contributed by atoms with Gasteiger partial charge in [0.1, 0.15) is 5.76 Å². The van der Waals surface area contributed by atoms with Crippen LogP contribution in [0.1, 0.15) is 40.2 Å². The fourth-order valence-corrected chi connectivity index (χ4v) is 3.83. The molecule has 9 heteroatoms. The van der Waals surface area contributed by atoms with Crippen LogP contribution in [0.25, 0.3) is 22.4 Å². The molecule has 5 rings (SSSR count). The fourth-order valence-electron chi connectivity index (χ4n) is 3.83. The lowest BCUT2D eigenvalue weighted by Crippen LogP contribution is -2.32. The Kier molecular flexibility index (Phi) is 4.76. The minimum atomic E-state index is -4.58. The van der Waals surface area contributed by atoms with Crippen molar-refractivity contribution in [1.29, 1.82) is 0 Å². The summed E-state index contributed by atoms with van der Waals surface area (Å²) < 4.78 is 51.5. The summed E-state index contributed by atoms with van der Waals surface area (Å²) in [6.07, 6.45) is -1.33. The molecule has 4 aromatic rings. The van der Waals surface area contributed by atoms with Gasteiger partial charge < -0.3 is 13.8 Å². The highest BCUT2D eigenvalue weighted by atomic mass is 19.4. The minimum absolute atomic E-state index is 0.00123. The summed E-state index contributed by atoms with van der Waals surface area (Å²) in [5, 5.41) is 4.29. The van der Waals surface area contributed by atoms with Gasteiger partial charge in [-0.15, -0.1) is 0 Å². The van der Waals surface area contributed by atoms with Crippen LogP contribution >= 0.6 is 0 Å². The van der Waals surface area contributed by atoms with Crippen LogP contribution in [-0.2, 0) is 12.7 Å². The zero-order chi connectivity index (χ0) is 22.5. The predicted octanol–water partition coefficient (Wildman–Crippen LogP) is 5.61. The van der Waals surface area contributed by atoms with Crippen molar-refractivity contribution in [2.45, 2.75) is 38.5 Å². The molecule has 1 aliphatic rings. The highest BCUT2D eigenvalue weighted by Crippen LogP contribution is 2.38. The number of hydrogen-bond donors (Lipinski definition) is 0. The van der Waals surface area contributed by atoms with Gasteiger partial charge in [-0.2, -0.15) is 13.2 Å². The van der Waals surface area contributed by atoms with Crippen molar-refractivity contribution < 1.29 is 26.9 Å². The molecule has 0 saturated heterocycles. The molecule has 6 nitrogen and oxygen atoms in total. The van der Waals surface area contributed by atoms with E-state index in [9.17, 15) is 18.0 Å². The number of amides is 1. The van der Waals surface area contributed by atoms with E-state index in [2.05, 4.69) is 10.1 Å². The Balaban J connectivity index is 1.65. The van der Waals surface area contributed by atoms with Gasteiger partial charge in [0, 0.05) is 11.6 Å². The molecule has 0 bridgehead atoms. The number of benzene rings is 1. The van der Waals surface area contributed by atoms with Crippen molar-refractivity contribution in [3.8, 4) is 11.3 Å². The monoisotopic (exact) mass is 441 g/mol. The normalized spacial score (nSPS) is 14.1. The van der Waals surface area contributed by atoms with E-state index < -0.39 is 11.7 Å². The molecule has 164 valence electrons. The average molecular weight is 441 g/mol. The third kappa shape index (κ3) is 3.63. The Morgan fingerprint density at radius 1 is 1.19 bits per heavy atom. The zero-order valence-corrected chi connectivity index (χ0v) is 17.0. The Hall–Kier alpha value is -3.62. The molecule has 0 radical (unpaired) electrons. The third-order valence-corrected chi connectivity index (χ3v) is 5.51. The van der Waals surface area contributed by atoms with Gasteiger partial charge in [-0.25, -0.2) is 4.98 Å². The van der Waals surface area contributed by atoms with Gasteiger partial charge in [0.15, 0.2) is 0 Å². The van der Waals surface area contributed by atoms with Crippen LogP contribution < -0.4 is 0 Å². The van der Waals surface area contributed by atoms with E-state index in [1.807, 2.05) is 0 Å². The molecule has 32 heavy (non-hydrogen) atoms. The number of carbonyl (C=O) groups excluding carboxylic acids is 1. The van der Waals surface area contributed by atoms with Gasteiger partial charge in [0.25, 0.3) is 11.6 Å². The van der Waals surface area contributed by atoms with Gasteiger partial charge >= 0.3 is 6.18 Å². The largest absolute Gasteiger partial charge is 0.467 e. The number of fused-ring (bicyclic) bond motifs is 1.